The standard InChI is InChI=1S/C14H17N3OS2/c15-9-1-2-13-11(5-9)12(7-16-13)14(18)17-6-10-8-19-3-4-20-10/h1-2,5,7,10,16H,3-4,6,8,15H2,(H,17,18). The van der Waals surface area contributed by atoms with Crippen molar-refractivity contribution in [1.82, 2.24) is 10.3 Å². The summed E-state index contributed by atoms with van der Waals surface area (Å²) in [6.07, 6.45) is 1.75. The van der Waals surface area contributed by atoms with E-state index in [1.165, 1.54) is 11.5 Å². The van der Waals surface area contributed by atoms with Gasteiger partial charge in [0.15, 0.2) is 0 Å². The molecule has 0 radical (unpaired) electrons. The molecule has 0 saturated carbocycles. The number of rotatable bonds is 3. The molecule has 4 N–H and O–H groups in total. The van der Waals surface area contributed by atoms with Gasteiger partial charge >= 0.3 is 0 Å². The Morgan fingerprint density at radius 2 is 2.35 bits per heavy atom. The number of aromatic amines is 1. The molecule has 106 valence electrons. The fourth-order valence-electron chi connectivity index (χ4n) is 2.28. The number of H-pyrrole nitrogens is 1. The van der Waals surface area contributed by atoms with Crippen LogP contribution in [-0.2, 0) is 0 Å². The van der Waals surface area contributed by atoms with Crippen LogP contribution in [0, 0.1) is 0 Å². The number of thioether (sulfide) groups is 2. The number of anilines is 1. The predicted molar refractivity (Wildman–Crippen MR) is 88.6 cm³/mol. The van der Waals surface area contributed by atoms with Crippen molar-refractivity contribution in [1.29, 1.82) is 0 Å². The summed E-state index contributed by atoms with van der Waals surface area (Å²) in [5, 5.41) is 4.44. The third-order valence-corrected chi connectivity index (χ3v) is 6.17. The van der Waals surface area contributed by atoms with Crippen LogP contribution < -0.4 is 11.1 Å². The number of benzene rings is 1. The summed E-state index contributed by atoms with van der Waals surface area (Å²) in [6, 6.07) is 5.57. The summed E-state index contributed by atoms with van der Waals surface area (Å²) in [5.74, 6) is 3.48. The zero-order chi connectivity index (χ0) is 13.9. The van der Waals surface area contributed by atoms with E-state index in [4.69, 9.17) is 5.73 Å². The van der Waals surface area contributed by atoms with Crippen molar-refractivity contribution in [2.75, 3.05) is 29.5 Å². The van der Waals surface area contributed by atoms with Crippen molar-refractivity contribution < 1.29 is 4.79 Å². The lowest BCUT2D eigenvalue weighted by Gasteiger charge is -2.21. The Morgan fingerprint density at radius 3 is 3.15 bits per heavy atom. The van der Waals surface area contributed by atoms with E-state index in [1.54, 1.807) is 6.20 Å². The van der Waals surface area contributed by atoms with Crippen LogP contribution in [-0.4, -0.2) is 39.9 Å². The number of nitrogens with one attached hydrogen (secondary N) is 2. The molecule has 0 aliphatic carbocycles. The van der Waals surface area contributed by atoms with E-state index in [0.29, 0.717) is 16.5 Å². The molecular formula is C14H17N3OS2. The van der Waals surface area contributed by atoms with E-state index in [2.05, 4.69) is 10.3 Å². The van der Waals surface area contributed by atoms with Crippen LogP contribution in [0.15, 0.2) is 24.4 Å². The summed E-state index contributed by atoms with van der Waals surface area (Å²) >= 11 is 3.91. The highest BCUT2D eigenvalue weighted by Gasteiger charge is 2.17. The number of hydrogen-bond donors (Lipinski definition) is 3. The molecule has 0 bridgehead atoms. The van der Waals surface area contributed by atoms with Gasteiger partial charge < -0.3 is 16.0 Å². The van der Waals surface area contributed by atoms with Gasteiger partial charge in [0, 0.05) is 51.8 Å². The van der Waals surface area contributed by atoms with Gasteiger partial charge in [-0.1, -0.05) is 0 Å². The zero-order valence-corrected chi connectivity index (χ0v) is 12.7. The van der Waals surface area contributed by atoms with Crippen LogP contribution in [0.5, 0.6) is 0 Å². The highest BCUT2D eigenvalue weighted by molar-refractivity contribution is 8.06. The molecule has 1 aliphatic heterocycles. The van der Waals surface area contributed by atoms with Crippen LogP contribution in [0.3, 0.4) is 0 Å². The smallest absolute Gasteiger partial charge is 0.253 e. The maximum absolute atomic E-state index is 12.3. The maximum Gasteiger partial charge on any atom is 0.253 e. The molecule has 6 heteroatoms. The van der Waals surface area contributed by atoms with Crippen molar-refractivity contribution in [2.45, 2.75) is 5.25 Å². The van der Waals surface area contributed by atoms with E-state index in [0.717, 1.165) is 23.2 Å². The molecule has 1 unspecified atom stereocenters. The van der Waals surface area contributed by atoms with Gasteiger partial charge in [-0.2, -0.15) is 23.5 Å². The normalized spacial score (nSPS) is 19.1. The second kappa shape index (κ2) is 6.01. The first kappa shape index (κ1) is 13.7. The number of nitrogen functional groups attached to an aromatic ring is 1. The molecule has 1 aromatic heterocycles. The third-order valence-electron chi connectivity index (χ3n) is 3.33. The molecule has 20 heavy (non-hydrogen) atoms. The average molecular weight is 307 g/mol. The minimum absolute atomic E-state index is 0.0296. The van der Waals surface area contributed by atoms with Crippen LogP contribution in [0.25, 0.3) is 10.9 Å². The van der Waals surface area contributed by atoms with Crippen molar-refractivity contribution in [3.63, 3.8) is 0 Å². The van der Waals surface area contributed by atoms with Crippen molar-refractivity contribution in [2.24, 2.45) is 0 Å². The molecule has 3 rings (SSSR count). The second-order valence-electron chi connectivity index (χ2n) is 4.79. The lowest BCUT2D eigenvalue weighted by atomic mass is 10.1. The number of aromatic nitrogens is 1. The van der Waals surface area contributed by atoms with Gasteiger partial charge in [0.05, 0.1) is 5.56 Å². The zero-order valence-electron chi connectivity index (χ0n) is 11.0. The molecule has 1 amide bonds. The van der Waals surface area contributed by atoms with Crippen LogP contribution in [0.4, 0.5) is 5.69 Å². The lowest BCUT2D eigenvalue weighted by Crippen LogP contribution is -2.33. The number of hydrogen-bond acceptors (Lipinski definition) is 4. The number of carbonyl (C=O) groups excluding carboxylic acids is 1. The third kappa shape index (κ3) is 2.91. The van der Waals surface area contributed by atoms with E-state index in [1.807, 2.05) is 41.7 Å². The van der Waals surface area contributed by atoms with Gasteiger partial charge in [-0.3, -0.25) is 4.79 Å². The van der Waals surface area contributed by atoms with Crippen LogP contribution in [0.2, 0.25) is 0 Å². The van der Waals surface area contributed by atoms with E-state index in [9.17, 15) is 4.79 Å². The fraction of sp³-hybridized carbons (Fsp3) is 0.357. The Labute approximate surface area is 126 Å². The molecule has 1 aliphatic rings. The maximum atomic E-state index is 12.3. The lowest BCUT2D eigenvalue weighted by molar-refractivity contribution is 0.0956. The second-order valence-corrected chi connectivity index (χ2v) is 7.34. The molecule has 1 fully saturated rings. The first-order chi connectivity index (χ1) is 9.74. The summed E-state index contributed by atoms with van der Waals surface area (Å²) in [4.78, 5) is 15.4. The number of amides is 1. The number of nitrogens with two attached hydrogens (primary N) is 1. The Bertz CT molecular complexity index is 620. The van der Waals surface area contributed by atoms with Gasteiger partial charge in [-0.05, 0) is 18.2 Å². The SMILES string of the molecule is Nc1ccc2[nH]cc(C(=O)NCC3CSCCS3)c2c1. The average Bonchev–Trinajstić information content (AvgIpc) is 2.89. The molecule has 4 nitrogen and oxygen atoms in total. The van der Waals surface area contributed by atoms with Gasteiger partial charge in [-0.25, -0.2) is 0 Å². The molecule has 2 aromatic rings. The fourth-order valence-corrected chi connectivity index (χ4v) is 4.89. The predicted octanol–water partition coefficient (Wildman–Crippen LogP) is 2.33. The monoisotopic (exact) mass is 307 g/mol. The first-order valence-corrected chi connectivity index (χ1v) is 8.78. The van der Waals surface area contributed by atoms with Crippen molar-refractivity contribution in [3.8, 4) is 0 Å². The quantitative estimate of drug-likeness (QED) is 0.761. The highest BCUT2D eigenvalue weighted by atomic mass is 32.2. The number of carbonyl (C=O) groups is 1. The largest absolute Gasteiger partial charge is 0.399 e. The Kier molecular flexibility index (Phi) is 4.12. The highest BCUT2D eigenvalue weighted by Crippen LogP contribution is 2.24. The minimum Gasteiger partial charge on any atom is -0.399 e. The minimum atomic E-state index is -0.0296. The molecule has 0 spiro atoms. The van der Waals surface area contributed by atoms with Crippen LogP contribution >= 0.6 is 23.5 Å². The summed E-state index contributed by atoms with van der Waals surface area (Å²) in [7, 11) is 0. The first-order valence-electron chi connectivity index (χ1n) is 6.58. The van der Waals surface area contributed by atoms with E-state index >= 15 is 0 Å². The summed E-state index contributed by atoms with van der Waals surface area (Å²) in [5.41, 5.74) is 8.07. The van der Waals surface area contributed by atoms with Crippen molar-refractivity contribution in [3.05, 3.63) is 30.0 Å². The Balaban J connectivity index is 1.70. The van der Waals surface area contributed by atoms with Crippen molar-refractivity contribution >= 4 is 46.0 Å². The van der Waals surface area contributed by atoms with Gasteiger partial charge in [0.1, 0.15) is 0 Å². The molecular weight excluding hydrogens is 290 g/mol. The van der Waals surface area contributed by atoms with E-state index < -0.39 is 0 Å². The topological polar surface area (TPSA) is 70.9 Å². The molecule has 1 saturated heterocycles. The summed E-state index contributed by atoms with van der Waals surface area (Å²) in [6.45, 7) is 0.728. The van der Waals surface area contributed by atoms with Crippen LogP contribution in [0.1, 0.15) is 10.4 Å². The molecule has 1 aromatic carbocycles. The molecule has 2 heterocycles. The van der Waals surface area contributed by atoms with Gasteiger partial charge in [-0.15, -0.1) is 0 Å². The van der Waals surface area contributed by atoms with E-state index in [-0.39, 0.29) is 5.91 Å². The Hall–Kier alpha value is -1.27. The Morgan fingerprint density at radius 1 is 1.45 bits per heavy atom. The number of fused-ring (bicyclic) bond motifs is 1. The summed E-state index contributed by atoms with van der Waals surface area (Å²) < 4.78 is 0. The van der Waals surface area contributed by atoms with Gasteiger partial charge in [0.2, 0.25) is 0 Å². The van der Waals surface area contributed by atoms with Gasteiger partial charge in [0.25, 0.3) is 5.91 Å². The molecule has 1 atom stereocenters.